The molecule has 0 aromatic rings. The van der Waals surface area contributed by atoms with Gasteiger partial charge in [0.25, 0.3) is 0 Å². The quantitative estimate of drug-likeness (QED) is 0.679. The number of methoxy groups -OCH3 is 1. The van der Waals surface area contributed by atoms with E-state index in [1.807, 2.05) is 0 Å². The maximum Gasteiger partial charge on any atom is 0.307 e. The summed E-state index contributed by atoms with van der Waals surface area (Å²) in [6.45, 7) is 5.48. The number of nitrogens with one attached hydrogen (secondary N) is 1. The monoisotopic (exact) mass is 227 g/mol. The van der Waals surface area contributed by atoms with E-state index in [4.69, 9.17) is 4.74 Å². The van der Waals surface area contributed by atoms with Gasteiger partial charge >= 0.3 is 5.97 Å². The molecule has 1 rings (SSSR count). The van der Waals surface area contributed by atoms with Crippen LogP contribution < -0.4 is 5.32 Å². The number of rotatable bonds is 7. The molecule has 1 N–H and O–H groups in total. The Balaban J connectivity index is 2.38. The van der Waals surface area contributed by atoms with Gasteiger partial charge in [0.15, 0.2) is 0 Å². The Kier molecular flexibility index (Phi) is 5.26. The topological polar surface area (TPSA) is 38.3 Å². The van der Waals surface area contributed by atoms with E-state index in [1.165, 1.54) is 26.4 Å². The molecule has 0 saturated heterocycles. The van der Waals surface area contributed by atoms with Gasteiger partial charge in [0, 0.05) is 5.54 Å². The molecular formula is C13H25NO2. The summed E-state index contributed by atoms with van der Waals surface area (Å²) in [6, 6.07) is 0. The highest BCUT2D eigenvalue weighted by atomic mass is 16.5. The zero-order valence-electron chi connectivity index (χ0n) is 10.8. The Bertz CT molecular complexity index is 220. The molecule has 0 unspecified atom stereocenters. The SMILES string of the molecule is CCC(CC)CNC1(CC(=O)OC)CCC1. The molecule has 0 aromatic heterocycles. The molecule has 0 bridgehead atoms. The van der Waals surface area contributed by atoms with E-state index in [-0.39, 0.29) is 11.5 Å². The molecule has 94 valence electrons. The van der Waals surface area contributed by atoms with Crippen molar-refractivity contribution in [1.82, 2.24) is 5.32 Å². The predicted molar refractivity (Wildman–Crippen MR) is 65.3 cm³/mol. The molecule has 3 nitrogen and oxygen atoms in total. The van der Waals surface area contributed by atoms with Gasteiger partial charge in [-0.2, -0.15) is 0 Å². The Labute approximate surface area is 98.9 Å². The summed E-state index contributed by atoms with van der Waals surface area (Å²) >= 11 is 0. The minimum atomic E-state index is -0.0863. The summed E-state index contributed by atoms with van der Waals surface area (Å²) in [5, 5.41) is 3.60. The highest BCUT2D eigenvalue weighted by Gasteiger charge is 2.38. The highest BCUT2D eigenvalue weighted by molar-refractivity contribution is 5.71. The lowest BCUT2D eigenvalue weighted by Crippen LogP contribution is -2.53. The zero-order valence-corrected chi connectivity index (χ0v) is 10.8. The van der Waals surface area contributed by atoms with Crippen LogP contribution in [0.3, 0.4) is 0 Å². The van der Waals surface area contributed by atoms with Crippen LogP contribution in [0.1, 0.15) is 52.4 Å². The van der Waals surface area contributed by atoms with E-state index in [1.54, 1.807) is 0 Å². The number of hydrogen-bond acceptors (Lipinski definition) is 3. The summed E-state index contributed by atoms with van der Waals surface area (Å²) in [7, 11) is 1.47. The molecule has 16 heavy (non-hydrogen) atoms. The normalized spacial score (nSPS) is 18.2. The smallest absolute Gasteiger partial charge is 0.307 e. The maximum absolute atomic E-state index is 11.3. The Morgan fingerprint density at radius 1 is 1.38 bits per heavy atom. The lowest BCUT2D eigenvalue weighted by Gasteiger charge is -2.43. The van der Waals surface area contributed by atoms with Gasteiger partial charge in [-0.3, -0.25) is 4.79 Å². The molecule has 3 heteroatoms. The minimum Gasteiger partial charge on any atom is -0.469 e. The van der Waals surface area contributed by atoms with Crippen LogP contribution in [-0.2, 0) is 9.53 Å². The van der Waals surface area contributed by atoms with Gasteiger partial charge in [0.2, 0.25) is 0 Å². The number of ether oxygens (including phenoxy) is 1. The van der Waals surface area contributed by atoms with Crippen LogP contribution in [0.5, 0.6) is 0 Å². The van der Waals surface area contributed by atoms with Gasteiger partial charge in [-0.15, -0.1) is 0 Å². The number of esters is 1. The highest BCUT2D eigenvalue weighted by Crippen LogP contribution is 2.35. The second kappa shape index (κ2) is 6.24. The largest absolute Gasteiger partial charge is 0.469 e. The third-order valence-electron chi connectivity index (χ3n) is 3.94. The lowest BCUT2D eigenvalue weighted by molar-refractivity contribution is -0.143. The molecule has 0 spiro atoms. The van der Waals surface area contributed by atoms with Gasteiger partial charge in [0.05, 0.1) is 13.5 Å². The summed E-state index contributed by atoms with van der Waals surface area (Å²) in [5.74, 6) is 0.645. The van der Waals surface area contributed by atoms with Crippen molar-refractivity contribution in [1.29, 1.82) is 0 Å². The van der Waals surface area contributed by atoms with Crippen LogP contribution in [0, 0.1) is 5.92 Å². The summed E-state index contributed by atoms with van der Waals surface area (Å²) in [4.78, 5) is 11.3. The first-order chi connectivity index (χ1) is 7.65. The molecule has 0 radical (unpaired) electrons. The second-order valence-corrected chi connectivity index (χ2v) is 4.95. The van der Waals surface area contributed by atoms with Crippen LogP contribution in [0.25, 0.3) is 0 Å². The Hall–Kier alpha value is -0.570. The number of carbonyl (C=O) groups is 1. The zero-order chi connectivity index (χ0) is 12.0. The first kappa shape index (κ1) is 13.5. The van der Waals surface area contributed by atoms with E-state index in [0.717, 1.165) is 25.3 Å². The van der Waals surface area contributed by atoms with Crippen molar-refractivity contribution in [3.05, 3.63) is 0 Å². The van der Waals surface area contributed by atoms with E-state index >= 15 is 0 Å². The Morgan fingerprint density at radius 3 is 2.38 bits per heavy atom. The number of hydrogen-bond donors (Lipinski definition) is 1. The van der Waals surface area contributed by atoms with Gasteiger partial charge in [-0.1, -0.05) is 26.7 Å². The average Bonchev–Trinajstić information content (AvgIpc) is 2.26. The van der Waals surface area contributed by atoms with Crippen molar-refractivity contribution < 1.29 is 9.53 Å². The van der Waals surface area contributed by atoms with E-state index in [2.05, 4.69) is 19.2 Å². The Morgan fingerprint density at radius 2 is 2.00 bits per heavy atom. The van der Waals surface area contributed by atoms with Crippen molar-refractivity contribution in [2.24, 2.45) is 5.92 Å². The molecule has 1 aliphatic rings. The fourth-order valence-corrected chi connectivity index (χ4v) is 2.31. The molecule has 0 atom stereocenters. The standard InChI is InChI=1S/C13H25NO2/c1-4-11(5-2)10-14-13(7-6-8-13)9-12(15)16-3/h11,14H,4-10H2,1-3H3. The summed E-state index contributed by atoms with van der Waals surface area (Å²) < 4.78 is 4.76. The molecule has 1 fully saturated rings. The maximum atomic E-state index is 11.3. The van der Waals surface area contributed by atoms with Crippen molar-refractivity contribution in [3.8, 4) is 0 Å². The molecule has 0 aliphatic heterocycles. The van der Waals surface area contributed by atoms with Gasteiger partial charge in [-0.25, -0.2) is 0 Å². The third-order valence-corrected chi connectivity index (χ3v) is 3.94. The molecule has 0 heterocycles. The van der Waals surface area contributed by atoms with Crippen LogP contribution in [0.15, 0.2) is 0 Å². The van der Waals surface area contributed by atoms with E-state index < -0.39 is 0 Å². The van der Waals surface area contributed by atoms with Crippen molar-refractivity contribution in [2.75, 3.05) is 13.7 Å². The third kappa shape index (κ3) is 3.48. The van der Waals surface area contributed by atoms with Crippen LogP contribution in [0.4, 0.5) is 0 Å². The molecular weight excluding hydrogens is 202 g/mol. The van der Waals surface area contributed by atoms with Gasteiger partial charge in [0.1, 0.15) is 0 Å². The molecule has 0 amide bonds. The van der Waals surface area contributed by atoms with Crippen molar-refractivity contribution in [3.63, 3.8) is 0 Å². The molecule has 1 aliphatic carbocycles. The minimum absolute atomic E-state index is 0.0513. The predicted octanol–water partition coefficient (Wildman–Crippen LogP) is 2.50. The van der Waals surface area contributed by atoms with Gasteiger partial charge in [-0.05, 0) is 31.7 Å². The van der Waals surface area contributed by atoms with Crippen LogP contribution in [-0.4, -0.2) is 25.2 Å². The van der Waals surface area contributed by atoms with Crippen LogP contribution in [0.2, 0.25) is 0 Å². The average molecular weight is 227 g/mol. The van der Waals surface area contributed by atoms with Crippen LogP contribution >= 0.6 is 0 Å². The summed E-state index contributed by atoms with van der Waals surface area (Å²) in [5.41, 5.74) is 0.0513. The molecule has 1 saturated carbocycles. The first-order valence-corrected chi connectivity index (χ1v) is 6.47. The second-order valence-electron chi connectivity index (χ2n) is 4.95. The summed E-state index contributed by atoms with van der Waals surface area (Å²) in [6.07, 6.45) is 6.40. The van der Waals surface area contributed by atoms with Crippen molar-refractivity contribution >= 4 is 5.97 Å². The fourth-order valence-electron chi connectivity index (χ4n) is 2.31. The van der Waals surface area contributed by atoms with Gasteiger partial charge < -0.3 is 10.1 Å². The van der Waals surface area contributed by atoms with E-state index in [0.29, 0.717) is 6.42 Å². The first-order valence-electron chi connectivity index (χ1n) is 6.47. The number of carbonyl (C=O) groups excluding carboxylic acids is 1. The van der Waals surface area contributed by atoms with Crippen molar-refractivity contribution in [2.45, 2.75) is 57.9 Å². The molecule has 0 aromatic carbocycles. The fraction of sp³-hybridized carbons (Fsp3) is 0.923. The lowest BCUT2D eigenvalue weighted by atomic mass is 9.74. The van der Waals surface area contributed by atoms with E-state index in [9.17, 15) is 4.79 Å².